The summed E-state index contributed by atoms with van der Waals surface area (Å²) >= 11 is 3.41. The van der Waals surface area contributed by atoms with Gasteiger partial charge in [0.1, 0.15) is 24.0 Å². The third-order valence-electron chi connectivity index (χ3n) is 5.12. The van der Waals surface area contributed by atoms with Crippen LogP contribution in [0, 0.1) is 21.4 Å². The summed E-state index contributed by atoms with van der Waals surface area (Å²) in [4.78, 5) is 22.9. The van der Waals surface area contributed by atoms with Crippen LogP contribution in [0.2, 0.25) is 0 Å². The molecule has 1 N–H and O–H groups in total. The third-order valence-corrected chi connectivity index (χ3v) is 5.61. The van der Waals surface area contributed by atoms with E-state index in [1.807, 2.05) is 6.07 Å². The Balaban J connectivity index is 1.75. The fourth-order valence-electron chi connectivity index (χ4n) is 3.45. The van der Waals surface area contributed by atoms with Crippen LogP contribution in [-0.4, -0.2) is 16.9 Å². The van der Waals surface area contributed by atoms with E-state index in [9.17, 15) is 20.2 Å². The molecule has 0 aliphatic heterocycles. The van der Waals surface area contributed by atoms with Gasteiger partial charge in [-0.05, 0) is 54.8 Å². The number of nitriles is 1. The van der Waals surface area contributed by atoms with Gasteiger partial charge < -0.3 is 10.1 Å². The molecule has 0 saturated heterocycles. The van der Waals surface area contributed by atoms with Crippen LogP contribution in [0.5, 0.6) is 5.75 Å². The van der Waals surface area contributed by atoms with Gasteiger partial charge in [0.25, 0.3) is 11.6 Å². The fourth-order valence-corrected chi connectivity index (χ4v) is 3.83. The standard InChI is InChI=1S/C23H22BrN3O4/c24-19-8-11-22(31-15-16-6-9-21(10-7-16)27(29)30)17(13-19)12-18(14-25)23(28)26-20-4-2-1-3-5-20/h6-13,20H,1-5,15H2,(H,26,28). The molecule has 3 rings (SSSR count). The minimum atomic E-state index is -0.454. The van der Waals surface area contributed by atoms with Gasteiger partial charge >= 0.3 is 0 Å². The lowest BCUT2D eigenvalue weighted by atomic mass is 9.95. The normalized spacial score (nSPS) is 14.5. The number of amides is 1. The summed E-state index contributed by atoms with van der Waals surface area (Å²) in [5, 5.41) is 23.3. The number of hydrogen-bond acceptors (Lipinski definition) is 5. The second kappa shape index (κ2) is 10.7. The van der Waals surface area contributed by atoms with Crippen LogP contribution in [0.25, 0.3) is 6.08 Å². The molecule has 1 aliphatic carbocycles. The Bertz CT molecular complexity index is 1020. The van der Waals surface area contributed by atoms with E-state index in [2.05, 4.69) is 21.2 Å². The summed E-state index contributed by atoms with van der Waals surface area (Å²) < 4.78 is 6.66. The van der Waals surface area contributed by atoms with Crippen molar-refractivity contribution < 1.29 is 14.5 Å². The number of nitro groups is 1. The van der Waals surface area contributed by atoms with Crippen molar-refractivity contribution in [1.29, 1.82) is 5.26 Å². The molecule has 7 nitrogen and oxygen atoms in total. The summed E-state index contributed by atoms with van der Waals surface area (Å²) in [5.41, 5.74) is 1.38. The van der Waals surface area contributed by atoms with E-state index in [1.54, 1.807) is 30.3 Å². The zero-order valence-corrected chi connectivity index (χ0v) is 18.4. The molecule has 0 spiro atoms. The highest BCUT2D eigenvalue weighted by Crippen LogP contribution is 2.27. The van der Waals surface area contributed by atoms with Gasteiger partial charge in [-0.25, -0.2) is 0 Å². The number of non-ortho nitro benzene ring substituents is 1. The van der Waals surface area contributed by atoms with Gasteiger partial charge in [-0.2, -0.15) is 5.26 Å². The minimum Gasteiger partial charge on any atom is -0.488 e. The lowest BCUT2D eigenvalue weighted by Gasteiger charge is -2.22. The summed E-state index contributed by atoms with van der Waals surface area (Å²) in [6.07, 6.45) is 6.75. The Kier molecular flexibility index (Phi) is 7.79. The summed E-state index contributed by atoms with van der Waals surface area (Å²) in [6.45, 7) is 0.191. The average Bonchev–Trinajstić information content (AvgIpc) is 2.77. The molecule has 0 aromatic heterocycles. The van der Waals surface area contributed by atoms with Gasteiger partial charge in [0.05, 0.1) is 4.92 Å². The number of carbonyl (C=O) groups is 1. The summed E-state index contributed by atoms with van der Waals surface area (Å²) in [6, 6.07) is 13.5. The Labute approximate surface area is 189 Å². The number of benzene rings is 2. The summed E-state index contributed by atoms with van der Waals surface area (Å²) in [5.74, 6) is 0.121. The Morgan fingerprint density at radius 1 is 1.23 bits per heavy atom. The van der Waals surface area contributed by atoms with Crippen molar-refractivity contribution in [2.75, 3.05) is 0 Å². The predicted molar refractivity (Wildman–Crippen MR) is 120 cm³/mol. The number of ether oxygens (including phenoxy) is 1. The quantitative estimate of drug-likeness (QED) is 0.249. The van der Waals surface area contributed by atoms with Crippen LogP contribution in [0.15, 0.2) is 52.5 Å². The second-order valence-corrected chi connectivity index (χ2v) is 8.29. The monoisotopic (exact) mass is 483 g/mol. The zero-order chi connectivity index (χ0) is 22.2. The van der Waals surface area contributed by atoms with E-state index in [-0.39, 0.29) is 29.8 Å². The fraction of sp³-hybridized carbons (Fsp3) is 0.304. The van der Waals surface area contributed by atoms with Gasteiger partial charge in [-0.1, -0.05) is 35.2 Å². The Morgan fingerprint density at radius 3 is 2.58 bits per heavy atom. The molecule has 2 aromatic carbocycles. The number of rotatable bonds is 7. The van der Waals surface area contributed by atoms with Crippen molar-refractivity contribution in [3.63, 3.8) is 0 Å². The maximum atomic E-state index is 12.6. The molecule has 1 aliphatic rings. The van der Waals surface area contributed by atoms with Crippen LogP contribution in [0.1, 0.15) is 43.2 Å². The van der Waals surface area contributed by atoms with E-state index in [0.717, 1.165) is 35.7 Å². The van der Waals surface area contributed by atoms with Crippen molar-refractivity contribution in [3.05, 3.63) is 73.8 Å². The van der Waals surface area contributed by atoms with Gasteiger partial charge in [0.2, 0.25) is 0 Å². The van der Waals surface area contributed by atoms with Gasteiger partial charge in [-0.15, -0.1) is 0 Å². The molecule has 1 fully saturated rings. The number of hydrogen-bond donors (Lipinski definition) is 1. The summed E-state index contributed by atoms with van der Waals surface area (Å²) in [7, 11) is 0. The largest absolute Gasteiger partial charge is 0.488 e. The molecule has 2 aromatic rings. The zero-order valence-electron chi connectivity index (χ0n) is 16.8. The Hall–Kier alpha value is -3.18. The number of nitrogens with zero attached hydrogens (tertiary/aromatic N) is 2. The van der Waals surface area contributed by atoms with Gasteiger partial charge in [0, 0.05) is 28.2 Å². The lowest BCUT2D eigenvalue weighted by Crippen LogP contribution is -2.36. The van der Waals surface area contributed by atoms with Crippen LogP contribution < -0.4 is 10.1 Å². The smallest absolute Gasteiger partial charge is 0.269 e. The van der Waals surface area contributed by atoms with Crippen LogP contribution in [0.4, 0.5) is 5.69 Å². The van der Waals surface area contributed by atoms with E-state index >= 15 is 0 Å². The van der Waals surface area contributed by atoms with Crippen molar-refractivity contribution in [2.45, 2.75) is 44.8 Å². The van der Waals surface area contributed by atoms with Crippen molar-refractivity contribution in [3.8, 4) is 11.8 Å². The maximum Gasteiger partial charge on any atom is 0.269 e. The second-order valence-electron chi connectivity index (χ2n) is 7.37. The first-order valence-electron chi connectivity index (χ1n) is 10.0. The SMILES string of the molecule is N#CC(=Cc1cc(Br)ccc1OCc1ccc([N+](=O)[O-])cc1)C(=O)NC1CCCCC1. The molecule has 31 heavy (non-hydrogen) atoms. The van der Waals surface area contributed by atoms with Gasteiger partial charge in [0.15, 0.2) is 0 Å². The van der Waals surface area contributed by atoms with Crippen LogP contribution in [-0.2, 0) is 11.4 Å². The van der Waals surface area contributed by atoms with E-state index in [4.69, 9.17) is 4.74 Å². The molecule has 8 heteroatoms. The first-order valence-corrected chi connectivity index (χ1v) is 10.8. The van der Waals surface area contributed by atoms with E-state index in [1.165, 1.54) is 24.6 Å². The molecule has 1 amide bonds. The average molecular weight is 484 g/mol. The number of nitro benzene ring substituents is 1. The molecule has 0 radical (unpaired) electrons. The lowest BCUT2D eigenvalue weighted by molar-refractivity contribution is -0.384. The topological polar surface area (TPSA) is 105 Å². The van der Waals surface area contributed by atoms with Crippen molar-refractivity contribution in [1.82, 2.24) is 5.32 Å². The number of nitrogens with one attached hydrogen (secondary N) is 1. The molecular formula is C23H22BrN3O4. The van der Waals surface area contributed by atoms with Crippen molar-refractivity contribution >= 4 is 33.6 Å². The predicted octanol–water partition coefficient (Wildman–Crippen LogP) is 5.29. The minimum absolute atomic E-state index is 0.0126. The molecule has 160 valence electrons. The highest BCUT2D eigenvalue weighted by molar-refractivity contribution is 9.10. The molecule has 0 heterocycles. The van der Waals surface area contributed by atoms with Crippen LogP contribution >= 0.6 is 15.9 Å². The number of halogens is 1. The molecule has 0 atom stereocenters. The highest BCUT2D eigenvalue weighted by atomic mass is 79.9. The third kappa shape index (κ3) is 6.40. The van der Waals surface area contributed by atoms with Gasteiger partial charge in [-0.3, -0.25) is 14.9 Å². The first kappa shape index (κ1) is 22.5. The highest BCUT2D eigenvalue weighted by Gasteiger charge is 2.18. The van der Waals surface area contributed by atoms with Crippen LogP contribution in [0.3, 0.4) is 0 Å². The molecule has 0 bridgehead atoms. The van der Waals surface area contributed by atoms with Crippen molar-refractivity contribution in [2.24, 2.45) is 0 Å². The molecular weight excluding hydrogens is 462 g/mol. The molecule has 0 unspecified atom stereocenters. The van der Waals surface area contributed by atoms with E-state index in [0.29, 0.717) is 11.3 Å². The Morgan fingerprint density at radius 2 is 1.94 bits per heavy atom. The first-order chi connectivity index (χ1) is 15.0. The number of carbonyl (C=O) groups excluding carboxylic acids is 1. The maximum absolute atomic E-state index is 12.6. The molecule has 1 saturated carbocycles. The van der Waals surface area contributed by atoms with E-state index < -0.39 is 4.92 Å².